The van der Waals surface area contributed by atoms with Gasteiger partial charge >= 0.3 is 0 Å². The molecule has 0 saturated carbocycles. The molecule has 1 aliphatic heterocycles. The van der Waals surface area contributed by atoms with Gasteiger partial charge in [0.1, 0.15) is 5.75 Å². The van der Waals surface area contributed by atoms with Crippen LogP contribution in [0.25, 0.3) is 0 Å². The molecule has 0 atom stereocenters. The van der Waals surface area contributed by atoms with Crippen molar-refractivity contribution < 1.29 is 4.74 Å². The first kappa shape index (κ1) is 24.4. The smallest absolute Gasteiger partial charge is 0.259 e. The van der Waals surface area contributed by atoms with Gasteiger partial charge in [0.25, 0.3) is 5.56 Å². The normalized spacial score (nSPS) is 13.5. The molecule has 6 nitrogen and oxygen atoms in total. The number of methoxy groups -OCH3 is 1. The van der Waals surface area contributed by atoms with Gasteiger partial charge in [0.05, 0.1) is 26.1 Å². The molecule has 3 aromatic carbocycles. The van der Waals surface area contributed by atoms with E-state index in [9.17, 15) is 4.79 Å². The number of benzene rings is 3. The van der Waals surface area contributed by atoms with E-state index in [0.29, 0.717) is 47.9 Å². The fraction of sp³-hybridized carbons (Fsp3) is 0.214. The first-order valence-corrected chi connectivity index (χ1v) is 12.4. The first-order valence-electron chi connectivity index (χ1n) is 11.6. The van der Waals surface area contributed by atoms with Crippen molar-refractivity contribution in [1.82, 2.24) is 14.5 Å². The third-order valence-electron chi connectivity index (χ3n) is 6.32. The van der Waals surface area contributed by atoms with Crippen LogP contribution in [0.15, 0.2) is 77.6 Å². The van der Waals surface area contributed by atoms with Crippen LogP contribution in [0.2, 0.25) is 10.0 Å². The largest absolute Gasteiger partial charge is 0.497 e. The third kappa shape index (κ3) is 5.12. The van der Waals surface area contributed by atoms with Gasteiger partial charge in [-0.25, -0.2) is 4.98 Å². The van der Waals surface area contributed by atoms with E-state index in [2.05, 4.69) is 4.90 Å². The summed E-state index contributed by atoms with van der Waals surface area (Å²) in [5.74, 6) is 1.39. The fourth-order valence-electron chi connectivity index (χ4n) is 4.51. The van der Waals surface area contributed by atoms with E-state index in [-0.39, 0.29) is 5.56 Å². The summed E-state index contributed by atoms with van der Waals surface area (Å²) < 4.78 is 7.03. The Morgan fingerprint density at radius 3 is 2.28 bits per heavy atom. The number of halogens is 2. The van der Waals surface area contributed by atoms with Gasteiger partial charge in [-0.2, -0.15) is 0 Å². The van der Waals surface area contributed by atoms with Crippen LogP contribution in [0, 0.1) is 6.92 Å². The van der Waals surface area contributed by atoms with E-state index in [0.717, 1.165) is 28.3 Å². The van der Waals surface area contributed by atoms with Crippen molar-refractivity contribution in [1.29, 1.82) is 0 Å². The number of anilines is 2. The number of hydrogen-bond donors (Lipinski definition) is 0. The minimum atomic E-state index is -0.0427. The lowest BCUT2D eigenvalue weighted by molar-refractivity contribution is 0.189. The van der Waals surface area contributed by atoms with Gasteiger partial charge in [0.15, 0.2) is 0 Å². The molecule has 0 N–H and O–H groups in total. The number of nitrogens with zero attached hydrogens (tertiary/aromatic N) is 4. The summed E-state index contributed by atoms with van der Waals surface area (Å²) >= 11 is 12.7. The maximum absolute atomic E-state index is 13.8. The van der Waals surface area contributed by atoms with Crippen molar-refractivity contribution in [3.63, 3.8) is 0 Å². The van der Waals surface area contributed by atoms with Crippen molar-refractivity contribution in [2.75, 3.05) is 18.7 Å². The van der Waals surface area contributed by atoms with Crippen LogP contribution < -0.4 is 15.2 Å². The second-order valence-electron chi connectivity index (χ2n) is 8.89. The Kier molecular flexibility index (Phi) is 7.01. The summed E-state index contributed by atoms with van der Waals surface area (Å²) in [6.07, 6.45) is 0.528. The molecule has 0 aliphatic carbocycles. The summed E-state index contributed by atoms with van der Waals surface area (Å²) in [7, 11) is 1.65. The minimum absolute atomic E-state index is 0.0427. The maximum atomic E-state index is 13.8. The van der Waals surface area contributed by atoms with E-state index in [4.69, 9.17) is 32.9 Å². The van der Waals surface area contributed by atoms with Gasteiger partial charge in [-0.15, -0.1) is 0 Å². The molecule has 5 rings (SSSR count). The number of ether oxygens (including phenoxy) is 1. The summed E-state index contributed by atoms with van der Waals surface area (Å²) in [4.78, 5) is 22.9. The Balaban J connectivity index is 1.57. The molecular formula is C28H26Cl2N4O2. The minimum Gasteiger partial charge on any atom is -0.497 e. The zero-order chi connectivity index (χ0) is 25.2. The van der Waals surface area contributed by atoms with Gasteiger partial charge in [0.2, 0.25) is 5.95 Å². The summed E-state index contributed by atoms with van der Waals surface area (Å²) in [5, 5.41) is 1.05. The van der Waals surface area contributed by atoms with E-state index < -0.39 is 0 Å². The van der Waals surface area contributed by atoms with Crippen LogP contribution in [0.5, 0.6) is 5.75 Å². The predicted octanol–water partition coefficient (Wildman–Crippen LogP) is 6.03. The Hall–Kier alpha value is -3.32. The standard InChI is InChI=1S/C28H26Cl2N4O2/c1-19-26(12-20-6-4-3-5-7-20)27(35)34-18-32(16-21-8-10-25(36-2)11-9-21)17-33(28(34)31-19)24-14-22(29)13-23(30)15-24/h3-11,13-15H,12,16-18H2,1-2H3. The summed E-state index contributed by atoms with van der Waals surface area (Å²) in [5.41, 5.74) is 4.34. The Labute approximate surface area is 220 Å². The average molecular weight is 521 g/mol. The van der Waals surface area contributed by atoms with Gasteiger partial charge in [0, 0.05) is 34.3 Å². The van der Waals surface area contributed by atoms with Crippen LogP contribution >= 0.6 is 23.2 Å². The third-order valence-corrected chi connectivity index (χ3v) is 6.76. The summed E-state index contributed by atoms with van der Waals surface area (Å²) in [6, 6.07) is 23.3. The molecule has 0 bridgehead atoms. The highest BCUT2D eigenvalue weighted by molar-refractivity contribution is 6.35. The highest BCUT2D eigenvalue weighted by Crippen LogP contribution is 2.32. The number of fused-ring (bicyclic) bond motifs is 1. The van der Waals surface area contributed by atoms with Crippen LogP contribution in [-0.4, -0.2) is 28.2 Å². The molecule has 2 heterocycles. The zero-order valence-corrected chi connectivity index (χ0v) is 21.6. The molecule has 36 heavy (non-hydrogen) atoms. The molecule has 0 saturated heterocycles. The molecule has 1 aliphatic rings. The van der Waals surface area contributed by atoms with E-state index in [1.165, 1.54) is 0 Å². The van der Waals surface area contributed by atoms with E-state index in [1.54, 1.807) is 17.7 Å². The van der Waals surface area contributed by atoms with Crippen molar-refractivity contribution >= 4 is 34.8 Å². The Bertz CT molecular complexity index is 1420. The average Bonchev–Trinajstić information content (AvgIpc) is 2.87. The van der Waals surface area contributed by atoms with Gasteiger partial charge < -0.3 is 4.74 Å². The maximum Gasteiger partial charge on any atom is 0.259 e. The molecule has 0 spiro atoms. The quantitative estimate of drug-likeness (QED) is 0.310. The lowest BCUT2D eigenvalue weighted by atomic mass is 10.1. The fourth-order valence-corrected chi connectivity index (χ4v) is 5.03. The molecular weight excluding hydrogens is 495 g/mol. The molecule has 4 aromatic rings. The topological polar surface area (TPSA) is 50.6 Å². The Morgan fingerprint density at radius 1 is 0.917 bits per heavy atom. The SMILES string of the molecule is COc1ccc(CN2CN(c3cc(Cl)cc(Cl)c3)c3nc(C)c(Cc4ccccc4)c(=O)n3C2)cc1. The number of rotatable bonds is 6. The van der Waals surface area contributed by atoms with Gasteiger partial charge in [-0.05, 0) is 48.4 Å². The molecule has 0 fully saturated rings. The van der Waals surface area contributed by atoms with Gasteiger partial charge in [-0.1, -0.05) is 65.7 Å². The van der Waals surface area contributed by atoms with E-state index >= 15 is 0 Å². The van der Waals surface area contributed by atoms with Crippen molar-refractivity contribution in [3.05, 3.63) is 116 Å². The van der Waals surface area contributed by atoms with Crippen molar-refractivity contribution in [2.45, 2.75) is 26.6 Å². The van der Waals surface area contributed by atoms with Crippen LogP contribution in [0.3, 0.4) is 0 Å². The monoisotopic (exact) mass is 520 g/mol. The second-order valence-corrected chi connectivity index (χ2v) is 9.76. The lowest BCUT2D eigenvalue weighted by Crippen LogP contribution is -2.47. The molecule has 184 valence electrons. The molecule has 8 heteroatoms. The predicted molar refractivity (Wildman–Crippen MR) is 144 cm³/mol. The Morgan fingerprint density at radius 2 is 1.61 bits per heavy atom. The zero-order valence-electron chi connectivity index (χ0n) is 20.1. The number of aromatic nitrogens is 2. The molecule has 0 radical (unpaired) electrons. The highest BCUT2D eigenvalue weighted by Gasteiger charge is 2.28. The highest BCUT2D eigenvalue weighted by atomic mass is 35.5. The molecule has 0 unspecified atom stereocenters. The molecule has 1 aromatic heterocycles. The molecule has 0 amide bonds. The number of hydrogen-bond acceptors (Lipinski definition) is 5. The van der Waals surface area contributed by atoms with Crippen LogP contribution in [0.1, 0.15) is 22.4 Å². The first-order chi connectivity index (χ1) is 17.4. The second kappa shape index (κ2) is 10.3. The summed E-state index contributed by atoms with van der Waals surface area (Å²) in [6.45, 7) is 3.47. The van der Waals surface area contributed by atoms with Crippen LogP contribution in [-0.2, 0) is 19.6 Å². The lowest BCUT2D eigenvalue weighted by Gasteiger charge is -2.38. The number of aryl methyl sites for hydroxylation is 1. The van der Waals surface area contributed by atoms with Crippen LogP contribution in [0.4, 0.5) is 11.6 Å². The van der Waals surface area contributed by atoms with Gasteiger partial charge in [-0.3, -0.25) is 19.2 Å². The van der Waals surface area contributed by atoms with Crippen molar-refractivity contribution in [3.8, 4) is 5.75 Å². The van der Waals surface area contributed by atoms with Crippen molar-refractivity contribution in [2.24, 2.45) is 0 Å². The van der Waals surface area contributed by atoms with E-state index in [1.807, 2.05) is 78.6 Å².